The Kier molecular flexibility index (Phi) is 2.66. The summed E-state index contributed by atoms with van der Waals surface area (Å²) < 4.78 is 11.3. The van der Waals surface area contributed by atoms with Crippen LogP contribution in [0.25, 0.3) is 0 Å². The normalized spacial score (nSPS) is 13.0. The molecule has 0 aromatic heterocycles. The number of rotatable bonds is 1. The highest BCUT2D eigenvalue weighted by molar-refractivity contribution is 9.10. The van der Waals surface area contributed by atoms with Crippen molar-refractivity contribution in [3.63, 3.8) is 0 Å². The van der Waals surface area contributed by atoms with Crippen LogP contribution < -0.4 is 5.30 Å². The van der Waals surface area contributed by atoms with E-state index in [-0.39, 0.29) is 0 Å². The van der Waals surface area contributed by atoms with E-state index in [2.05, 4.69) is 15.9 Å². The zero-order chi connectivity index (χ0) is 7.56. The average Bonchev–Trinajstić information content (AvgIpc) is 1.88. The van der Waals surface area contributed by atoms with Gasteiger partial charge in [-0.1, -0.05) is 22.0 Å². The largest absolute Gasteiger partial charge is 0.343 e. The lowest BCUT2D eigenvalue weighted by molar-refractivity contribution is 0.513. The molecule has 0 spiro atoms. The van der Waals surface area contributed by atoms with Crippen molar-refractivity contribution in [3.05, 3.63) is 28.7 Å². The molecule has 0 bridgehead atoms. The molecule has 1 rings (SSSR count). The van der Waals surface area contributed by atoms with Crippen molar-refractivity contribution < 1.29 is 9.46 Å². The first-order valence-corrected chi connectivity index (χ1v) is 4.84. The van der Waals surface area contributed by atoms with Crippen LogP contribution in [0.1, 0.15) is 0 Å². The van der Waals surface area contributed by atoms with Crippen molar-refractivity contribution in [3.8, 4) is 0 Å². The Morgan fingerprint density at radius 2 is 2.20 bits per heavy atom. The maximum absolute atomic E-state index is 10.5. The fourth-order valence-corrected chi connectivity index (χ4v) is 1.75. The molecule has 4 heteroatoms. The third kappa shape index (κ3) is 1.94. The fourth-order valence-electron chi connectivity index (χ4n) is 0.622. The van der Waals surface area contributed by atoms with Crippen LogP contribution in [0.4, 0.5) is 0 Å². The minimum Gasteiger partial charge on any atom is -0.343 e. The molecule has 0 heterocycles. The molecule has 2 nitrogen and oxygen atoms in total. The van der Waals surface area contributed by atoms with Gasteiger partial charge in [-0.2, -0.15) is 0 Å². The summed E-state index contributed by atoms with van der Waals surface area (Å²) >= 11 is 3.20. The summed E-state index contributed by atoms with van der Waals surface area (Å²) in [6, 6.07) is 6.82. The summed E-state index contributed by atoms with van der Waals surface area (Å²) in [6.45, 7) is 0. The van der Waals surface area contributed by atoms with Crippen LogP contribution in [0.2, 0.25) is 0 Å². The first-order chi connectivity index (χ1) is 4.70. The summed E-state index contributed by atoms with van der Waals surface area (Å²) in [6.07, 6.45) is 0. The SMILES string of the molecule is O=[PH](O)c1cccc(Br)c1. The summed E-state index contributed by atoms with van der Waals surface area (Å²) in [7, 11) is -2.51. The quantitative estimate of drug-likeness (QED) is 0.730. The van der Waals surface area contributed by atoms with E-state index in [1.54, 1.807) is 18.2 Å². The summed E-state index contributed by atoms with van der Waals surface area (Å²) in [5, 5.41) is 0.486. The van der Waals surface area contributed by atoms with E-state index in [9.17, 15) is 4.57 Å². The summed E-state index contributed by atoms with van der Waals surface area (Å²) in [5.74, 6) is 0. The molecule has 1 atom stereocenters. The minimum absolute atomic E-state index is 0.486. The molecule has 10 heavy (non-hydrogen) atoms. The molecule has 0 saturated heterocycles. The Bertz CT molecular complexity index is 262. The molecule has 0 aliphatic heterocycles. The highest BCUT2D eigenvalue weighted by Crippen LogP contribution is 2.15. The third-order valence-corrected chi connectivity index (χ3v) is 2.37. The van der Waals surface area contributed by atoms with Gasteiger partial charge >= 0.3 is 0 Å². The van der Waals surface area contributed by atoms with E-state index < -0.39 is 8.03 Å². The second-order valence-corrected chi connectivity index (χ2v) is 3.92. The molecule has 1 aromatic carbocycles. The van der Waals surface area contributed by atoms with Gasteiger partial charge in [0, 0.05) is 9.78 Å². The molecule has 54 valence electrons. The summed E-state index contributed by atoms with van der Waals surface area (Å²) in [5.41, 5.74) is 0. The van der Waals surface area contributed by atoms with E-state index in [1.165, 1.54) is 0 Å². The maximum Gasteiger partial charge on any atom is 0.218 e. The van der Waals surface area contributed by atoms with E-state index in [4.69, 9.17) is 4.89 Å². The first kappa shape index (κ1) is 7.99. The van der Waals surface area contributed by atoms with Gasteiger partial charge in [0.25, 0.3) is 0 Å². The molecule has 0 saturated carbocycles. The number of halogens is 1. The zero-order valence-corrected chi connectivity index (χ0v) is 7.63. The van der Waals surface area contributed by atoms with Gasteiger partial charge in [0.2, 0.25) is 8.03 Å². The second kappa shape index (κ2) is 3.33. The molecule has 1 N–H and O–H groups in total. The van der Waals surface area contributed by atoms with Gasteiger partial charge < -0.3 is 4.89 Å². The topological polar surface area (TPSA) is 37.3 Å². The molecule has 1 unspecified atom stereocenters. The van der Waals surface area contributed by atoms with Crippen LogP contribution in [0.5, 0.6) is 0 Å². The lowest BCUT2D eigenvalue weighted by atomic mass is 10.4. The van der Waals surface area contributed by atoms with Gasteiger partial charge in [0.05, 0.1) is 0 Å². The average molecular weight is 221 g/mol. The predicted molar refractivity (Wildman–Crippen MR) is 45.0 cm³/mol. The maximum atomic E-state index is 10.5. The number of benzene rings is 1. The Balaban J connectivity index is 3.07. The molecular weight excluding hydrogens is 215 g/mol. The van der Waals surface area contributed by atoms with E-state index in [1.807, 2.05) is 6.07 Å². The highest BCUT2D eigenvalue weighted by atomic mass is 79.9. The Morgan fingerprint density at radius 3 is 2.60 bits per heavy atom. The van der Waals surface area contributed by atoms with Crippen LogP contribution in [0.15, 0.2) is 28.7 Å². The van der Waals surface area contributed by atoms with Crippen LogP contribution in [0, 0.1) is 0 Å². The van der Waals surface area contributed by atoms with E-state index in [0.717, 1.165) is 4.47 Å². The van der Waals surface area contributed by atoms with Crippen molar-refractivity contribution in [2.24, 2.45) is 0 Å². The Morgan fingerprint density at radius 1 is 1.50 bits per heavy atom. The molecule has 0 amide bonds. The van der Waals surface area contributed by atoms with Gasteiger partial charge in [-0.3, -0.25) is 4.57 Å². The van der Waals surface area contributed by atoms with Gasteiger partial charge in [0.15, 0.2) is 0 Å². The second-order valence-electron chi connectivity index (χ2n) is 1.82. The van der Waals surface area contributed by atoms with E-state index in [0.29, 0.717) is 5.30 Å². The molecule has 1 aromatic rings. The van der Waals surface area contributed by atoms with Crippen molar-refractivity contribution >= 4 is 29.3 Å². The van der Waals surface area contributed by atoms with Gasteiger partial charge in [-0.15, -0.1) is 0 Å². The predicted octanol–water partition coefficient (Wildman–Crippen LogP) is 1.54. The zero-order valence-electron chi connectivity index (χ0n) is 5.04. The van der Waals surface area contributed by atoms with Crippen LogP contribution in [-0.2, 0) is 4.57 Å². The van der Waals surface area contributed by atoms with Gasteiger partial charge in [-0.25, -0.2) is 0 Å². The standard InChI is InChI=1S/C6H6BrO2P/c7-5-2-1-3-6(4-5)10(8)9/h1-4,10H,(H,8,9). The van der Waals surface area contributed by atoms with Crippen molar-refractivity contribution in [1.82, 2.24) is 0 Å². The third-order valence-electron chi connectivity index (χ3n) is 1.07. The molecule has 0 fully saturated rings. The van der Waals surface area contributed by atoms with Gasteiger partial charge in [-0.05, 0) is 18.2 Å². The van der Waals surface area contributed by atoms with Gasteiger partial charge in [0.1, 0.15) is 0 Å². The highest BCUT2D eigenvalue weighted by Gasteiger charge is 1.96. The van der Waals surface area contributed by atoms with Crippen molar-refractivity contribution in [2.75, 3.05) is 0 Å². The van der Waals surface area contributed by atoms with E-state index >= 15 is 0 Å². The minimum atomic E-state index is -2.51. The Labute approximate surface area is 67.9 Å². The van der Waals surface area contributed by atoms with Crippen LogP contribution in [0.3, 0.4) is 0 Å². The molecule has 0 radical (unpaired) electrons. The number of hydrogen-bond donors (Lipinski definition) is 1. The number of hydrogen-bond acceptors (Lipinski definition) is 1. The first-order valence-electron chi connectivity index (χ1n) is 2.69. The van der Waals surface area contributed by atoms with Crippen molar-refractivity contribution in [1.29, 1.82) is 0 Å². The summed E-state index contributed by atoms with van der Waals surface area (Å²) in [4.78, 5) is 8.67. The van der Waals surface area contributed by atoms with Crippen molar-refractivity contribution in [2.45, 2.75) is 0 Å². The molecule has 0 aliphatic carbocycles. The molecular formula is C6H6BrO2P. The lowest BCUT2D eigenvalue weighted by Gasteiger charge is -1.93. The Hall–Kier alpha value is -0.110. The monoisotopic (exact) mass is 220 g/mol. The lowest BCUT2D eigenvalue weighted by Crippen LogP contribution is -1.93. The van der Waals surface area contributed by atoms with Crippen LogP contribution >= 0.6 is 24.0 Å². The fraction of sp³-hybridized carbons (Fsp3) is 0. The molecule has 0 aliphatic rings. The van der Waals surface area contributed by atoms with Crippen LogP contribution in [-0.4, -0.2) is 4.89 Å². The smallest absolute Gasteiger partial charge is 0.218 e.